The van der Waals surface area contributed by atoms with Gasteiger partial charge in [-0.2, -0.15) is 0 Å². The molecule has 0 aliphatic carbocycles. The first kappa shape index (κ1) is 14.0. The summed E-state index contributed by atoms with van der Waals surface area (Å²) in [5.41, 5.74) is 4.44. The monoisotopic (exact) mass is 259 g/mol. The molecule has 2 rings (SSSR count). The highest BCUT2D eigenvalue weighted by atomic mass is 15.4. The molecule has 4 heteroatoms. The van der Waals surface area contributed by atoms with E-state index in [0.717, 1.165) is 11.0 Å². The summed E-state index contributed by atoms with van der Waals surface area (Å²) in [6.45, 7) is 10.8. The highest BCUT2D eigenvalue weighted by molar-refractivity contribution is 5.79. The average molecular weight is 259 g/mol. The van der Waals surface area contributed by atoms with Gasteiger partial charge in [-0.3, -0.25) is 0 Å². The van der Waals surface area contributed by atoms with Crippen LogP contribution in [0.2, 0.25) is 0 Å². The molecule has 0 aliphatic heterocycles. The Balaban J connectivity index is 2.64. The molecule has 4 nitrogen and oxygen atoms in total. The van der Waals surface area contributed by atoms with Gasteiger partial charge in [0.25, 0.3) is 0 Å². The largest absolute Gasteiger partial charge is 0.302 e. The molecule has 1 radical (unpaired) electrons. The number of fused-ring (bicyclic) bond motifs is 1. The Labute approximate surface area is 115 Å². The summed E-state index contributed by atoms with van der Waals surface area (Å²) in [6.07, 6.45) is 0. The molecule has 0 amide bonds. The molecule has 0 spiro atoms. The third-order valence-corrected chi connectivity index (χ3v) is 3.63. The van der Waals surface area contributed by atoms with E-state index in [1.54, 1.807) is 0 Å². The maximum absolute atomic E-state index is 4.31. The van der Waals surface area contributed by atoms with Crippen molar-refractivity contribution in [3.8, 4) is 0 Å². The number of hydrogen-bond acceptors (Lipinski definition) is 3. The van der Waals surface area contributed by atoms with Crippen molar-refractivity contribution in [2.24, 2.45) is 12.5 Å². The van der Waals surface area contributed by atoms with Crippen LogP contribution in [0.15, 0.2) is 12.1 Å². The summed E-state index contributed by atoms with van der Waals surface area (Å²) in [6, 6.07) is 4.53. The average Bonchev–Trinajstić information content (AvgIpc) is 2.62. The molecular formula is C15H23N4. The van der Waals surface area contributed by atoms with Crippen LogP contribution in [0.25, 0.3) is 11.0 Å². The molecule has 1 aromatic carbocycles. The summed E-state index contributed by atoms with van der Waals surface area (Å²) < 4.78 is 1.81. The first-order chi connectivity index (χ1) is 8.73. The van der Waals surface area contributed by atoms with Crippen LogP contribution in [0.5, 0.6) is 0 Å². The van der Waals surface area contributed by atoms with Crippen LogP contribution in [-0.2, 0) is 7.05 Å². The second kappa shape index (κ2) is 4.60. The SMILES string of the molecule is [CH2]C(C)(C)C(c1ccc2c(nnn2C)c1C)N(C)C. The predicted molar refractivity (Wildman–Crippen MR) is 78.8 cm³/mol. The predicted octanol–water partition coefficient (Wildman–Crippen LogP) is 2.74. The van der Waals surface area contributed by atoms with E-state index in [0.29, 0.717) is 0 Å². The van der Waals surface area contributed by atoms with E-state index >= 15 is 0 Å². The number of nitrogens with zero attached hydrogens (tertiary/aromatic N) is 4. The third kappa shape index (κ3) is 2.37. The van der Waals surface area contributed by atoms with E-state index in [2.05, 4.69) is 69.1 Å². The highest BCUT2D eigenvalue weighted by Gasteiger charge is 2.30. The van der Waals surface area contributed by atoms with Gasteiger partial charge in [0.15, 0.2) is 0 Å². The first-order valence-corrected chi connectivity index (χ1v) is 6.54. The minimum absolute atomic E-state index is 0.0792. The Morgan fingerprint density at radius 3 is 2.47 bits per heavy atom. The van der Waals surface area contributed by atoms with Crippen LogP contribution < -0.4 is 0 Å². The first-order valence-electron chi connectivity index (χ1n) is 6.54. The van der Waals surface area contributed by atoms with Crippen LogP contribution >= 0.6 is 0 Å². The van der Waals surface area contributed by atoms with Crippen molar-refractivity contribution in [3.63, 3.8) is 0 Å². The molecule has 0 N–H and O–H groups in total. The van der Waals surface area contributed by atoms with E-state index in [9.17, 15) is 0 Å². The molecule has 0 bridgehead atoms. The van der Waals surface area contributed by atoms with Crippen molar-refractivity contribution >= 4 is 11.0 Å². The minimum Gasteiger partial charge on any atom is -0.302 e. The Morgan fingerprint density at radius 2 is 1.95 bits per heavy atom. The van der Waals surface area contributed by atoms with Crippen molar-refractivity contribution < 1.29 is 0 Å². The highest BCUT2D eigenvalue weighted by Crippen LogP contribution is 2.38. The van der Waals surface area contributed by atoms with Gasteiger partial charge in [0.2, 0.25) is 0 Å². The zero-order valence-electron chi connectivity index (χ0n) is 12.7. The van der Waals surface area contributed by atoms with Gasteiger partial charge in [-0.25, -0.2) is 4.68 Å². The smallest absolute Gasteiger partial charge is 0.116 e. The lowest BCUT2D eigenvalue weighted by molar-refractivity contribution is 0.176. The lowest BCUT2D eigenvalue weighted by Crippen LogP contribution is -2.32. The molecule has 19 heavy (non-hydrogen) atoms. The molecule has 1 atom stereocenters. The van der Waals surface area contributed by atoms with E-state index in [4.69, 9.17) is 0 Å². The molecule has 0 fully saturated rings. The molecule has 0 saturated carbocycles. The zero-order valence-corrected chi connectivity index (χ0v) is 12.7. The van der Waals surface area contributed by atoms with Gasteiger partial charge in [0.05, 0.1) is 5.52 Å². The number of benzene rings is 1. The molecule has 2 aromatic rings. The minimum atomic E-state index is -0.0792. The second-order valence-corrected chi connectivity index (χ2v) is 6.22. The van der Waals surface area contributed by atoms with Gasteiger partial charge in [-0.15, -0.1) is 5.10 Å². The Hall–Kier alpha value is -1.42. The van der Waals surface area contributed by atoms with Crippen molar-refractivity contribution in [3.05, 3.63) is 30.2 Å². The number of aromatic nitrogens is 3. The Kier molecular flexibility index (Phi) is 3.39. The Morgan fingerprint density at radius 1 is 1.32 bits per heavy atom. The number of rotatable bonds is 3. The van der Waals surface area contributed by atoms with E-state index in [1.165, 1.54) is 11.1 Å². The molecule has 1 unspecified atom stereocenters. The van der Waals surface area contributed by atoms with Crippen molar-refractivity contribution in [1.82, 2.24) is 19.9 Å². The van der Waals surface area contributed by atoms with Crippen LogP contribution in [-0.4, -0.2) is 34.0 Å². The van der Waals surface area contributed by atoms with Gasteiger partial charge in [0.1, 0.15) is 5.52 Å². The van der Waals surface area contributed by atoms with Crippen LogP contribution in [0.3, 0.4) is 0 Å². The normalized spacial score (nSPS) is 14.3. The molecule has 103 valence electrons. The maximum atomic E-state index is 4.31. The van der Waals surface area contributed by atoms with E-state index in [1.807, 2.05) is 11.7 Å². The topological polar surface area (TPSA) is 34.0 Å². The summed E-state index contributed by atoms with van der Waals surface area (Å²) in [7, 11) is 6.11. The lowest BCUT2D eigenvalue weighted by Gasteiger charge is -2.37. The van der Waals surface area contributed by atoms with Gasteiger partial charge >= 0.3 is 0 Å². The zero-order chi connectivity index (χ0) is 14.4. The maximum Gasteiger partial charge on any atom is 0.116 e. The Bertz CT molecular complexity index is 590. The van der Waals surface area contributed by atoms with Gasteiger partial charge in [-0.05, 0) is 50.6 Å². The molecule has 0 saturated heterocycles. The van der Waals surface area contributed by atoms with Crippen LogP contribution in [0.4, 0.5) is 0 Å². The summed E-state index contributed by atoms with van der Waals surface area (Å²) in [4.78, 5) is 2.22. The van der Waals surface area contributed by atoms with Gasteiger partial charge in [0, 0.05) is 13.1 Å². The fourth-order valence-corrected chi connectivity index (χ4v) is 2.94. The summed E-state index contributed by atoms with van der Waals surface area (Å²) in [5, 5.41) is 8.38. The van der Waals surface area contributed by atoms with Crippen LogP contribution in [0.1, 0.15) is 31.0 Å². The van der Waals surface area contributed by atoms with Crippen molar-refractivity contribution in [2.45, 2.75) is 26.8 Å². The molecule has 0 aliphatic rings. The van der Waals surface area contributed by atoms with Crippen molar-refractivity contribution in [1.29, 1.82) is 0 Å². The van der Waals surface area contributed by atoms with Crippen LogP contribution in [0, 0.1) is 19.3 Å². The summed E-state index contributed by atoms with van der Waals surface area (Å²) in [5.74, 6) is 0. The van der Waals surface area contributed by atoms with Gasteiger partial charge < -0.3 is 4.90 Å². The molecular weight excluding hydrogens is 236 g/mol. The lowest BCUT2D eigenvalue weighted by atomic mass is 9.80. The fourth-order valence-electron chi connectivity index (χ4n) is 2.94. The number of aryl methyl sites for hydroxylation is 2. The quantitative estimate of drug-likeness (QED) is 0.850. The molecule has 1 heterocycles. The van der Waals surface area contributed by atoms with E-state index < -0.39 is 0 Å². The van der Waals surface area contributed by atoms with Gasteiger partial charge in [-0.1, -0.05) is 25.1 Å². The number of hydrogen-bond donors (Lipinski definition) is 0. The molecule has 1 aromatic heterocycles. The second-order valence-electron chi connectivity index (χ2n) is 6.22. The van der Waals surface area contributed by atoms with Crippen molar-refractivity contribution in [2.75, 3.05) is 14.1 Å². The van der Waals surface area contributed by atoms with E-state index in [-0.39, 0.29) is 11.5 Å². The third-order valence-electron chi connectivity index (χ3n) is 3.63. The summed E-state index contributed by atoms with van der Waals surface area (Å²) >= 11 is 0. The standard InChI is InChI=1S/C15H23N4/c1-10-11(14(18(5)6)15(2,3)4)8-9-12-13(10)16-17-19(12)7/h8-9,14H,2H2,1,3-7H3. The fraction of sp³-hybridized carbons (Fsp3) is 0.533.